The van der Waals surface area contributed by atoms with Gasteiger partial charge in [-0.1, -0.05) is 19.8 Å². The van der Waals surface area contributed by atoms with Crippen LogP contribution >= 0.6 is 0 Å². The molecule has 0 aromatic heterocycles. The summed E-state index contributed by atoms with van der Waals surface area (Å²) in [7, 11) is 0. The molecular weight excluding hydrogens is 325 g/mol. The molecule has 2 rings (SSSR count). The van der Waals surface area contributed by atoms with E-state index in [-0.39, 0.29) is 24.2 Å². The quantitative estimate of drug-likeness (QED) is 0.443. The summed E-state index contributed by atoms with van der Waals surface area (Å²) in [4.78, 5) is 27.3. The first kappa shape index (κ1) is 19.2. The van der Waals surface area contributed by atoms with Crippen molar-refractivity contribution < 1.29 is 19.2 Å². The lowest BCUT2D eigenvalue weighted by Gasteiger charge is -2.37. The zero-order valence-electron chi connectivity index (χ0n) is 14.6. The van der Waals surface area contributed by atoms with Gasteiger partial charge < -0.3 is 9.80 Å². The minimum Gasteiger partial charge on any atom is -0.368 e. The number of hydrogen-bond donors (Lipinski definition) is 1. The van der Waals surface area contributed by atoms with Crippen LogP contribution in [0, 0.1) is 11.7 Å². The number of piperazine rings is 1. The number of halogens is 1. The average Bonchev–Trinajstić information content (AvgIpc) is 2.65. The normalized spacial score (nSPS) is 15.8. The number of unbranched alkanes of at least 4 members (excludes halogenated alkanes) is 1. The molecule has 1 aromatic rings. The molecular formula is C18H26FN3O3. The molecule has 1 aromatic carbocycles. The maximum atomic E-state index is 13.0. The Morgan fingerprint density at radius 1 is 1.28 bits per heavy atom. The monoisotopic (exact) mass is 351 g/mol. The van der Waals surface area contributed by atoms with Crippen LogP contribution in [-0.2, 0) is 9.59 Å². The molecule has 0 bridgehead atoms. The molecule has 1 saturated heterocycles. The van der Waals surface area contributed by atoms with E-state index in [0.717, 1.165) is 18.5 Å². The fourth-order valence-corrected chi connectivity index (χ4v) is 3.11. The Morgan fingerprint density at radius 3 is 2.48 bits per heavy atom. The largest absolute Gasteiger partial charge is 0.368 e. The zero-order chi connectivity index (χ0) is 18.2. The lowest BCUT2D eigenvalue weighted by atomic mass is 10.00. The third-order valence-corrected chi connectivity index (χ3v) is 4.57. The van der Waals surface area contributed by atoms with E-state index in [0.29, 0.717) is 44.1 Å². The number of hydrogen-bond acceptors (Lipinski definition) is 4. The molecule has 6 nitrogen and oxygen atoms in total. The summed E-state index contributed by atoms with van der Waals surface area (Å²) >= 11 is 0. The van der Waals surface area contributed by atoms with Gasteiger partial charge in [0.25, 0.3) is 0 Å². The van der Waals surface area contributed by atoms with Crippen molar-refractivity contribution in [3.05, 3.63) is 30.1 Å². The Bertz CT molecular complexity index is 559. The van der Waals surface area contributed by atoms with Crippen molar-refractivity contribution in [3.8, 4) is 0 Å². The average molecular weight is 351 g/mol. The van der Waals surface area contributed by atoms with E-state index < -0.39 is 0 Å². The van der Waals surface area contributed by atoms with E-state index in [1.54, 1.807) is 17.0 Å². The third-order valence-electron chi connectivity index (χ3n) is 4.57. The molecule has 138 valence electrons. The van der Waals surface area contributed by atoms with Gasteiger partial charge in [-0.3, -0.25) is 14.8 Å². The van der Waals surface area contributed by atoms with Crippen LogP contribution < -0.4 is 4.90 Å². The summed E-state index contributed by atoms with van der Waals surface area (Å²) in [5.41, 5.74) is 0.943. The van der Waals surface area contributed by atoms with Crippen molar-refractivity contribution in [1.82, 2.24) is 9.96 Å². The van der Waals surface area contributed by atoms with Crippen LogP contribution in [0.25, 0.3) is 0 Å². The fourth-order valence-electron chi connectivity index (χ4n) is 3.11. The van der Waals surface area contributed by atoms with E-state index in [4.69, 9.17) is 0 Å². The van der Waals surface area contributed by atoms with Crippen molar-refractivity contribution in [2.75, 3.05) is 37.6 Å². The first-order valence-electron chi connectivity index (χ1n) is 8.75. The van der Waals surface area contributed by atoms with Crippen LogP contribution in [0.3, 0.4) is 0 Å². The number of carbonyl (C=O) groups excluding carboxylic acids is 2. The van der Waals surface area contributed by atoms with Crippen LogP contribution in [0.15, 0.2) is 24.3 Å². The van der Waals surface area contributed by atoms with Crippen LogP contribution in [0.1, 0.15) is 26.2 Å². The maximum Gasteiger partial charge on any atom is 0.233 e. The smallest absolute Gasteiger partial charge is 0.233 e. The van der Waals surface area contributed by atoms with Crippen LogP contribution in [0.4, 0.5) is 10.1 Å². The second kappa shape index (κ2) is 9.36. The molecule has 1 aliphatic heterocycles. The molecule has 0 radical (unpaired) electrons. The van der Waals surface area contributed by atoms with E-state index in [9.17, 15) is 19.2 Å². The summed E-state index contributed by atoms with van der Waals surface area (Å²) in [6, 6.07) is 6.35. The van der Waals surface area contributed by atoms with Gasteiger partial charge in [-0.2, -0.15) is 0 Å². The van der Waals surface area contributed by atoms with Crippen molar-refractivity contribution >= 4 is 18.0 Å². The molecule has 0 spiro atoms. The SMILES string of the molecule is CCCCC(CN(O)C=O)C(=O)N1CCN(c2ccc(F)cc2)CC1. The maximum absolute atomic E-state index is 13.0. The van der Waals surface area contributed by atoms with Gasteiger partial charge in [0.15, 0.2) is 0 Å². The molecule has 1 atom stereocenters. The first-order chi connectivity index (χ1) is 12.0. The summed E-state index contributed by atoms with van der Waals surface area (Å²) < 4.78 is 13.0. The van der Waals surface area contributed by atoms with E-state index in [1.807, 2.05) is 6.92 Å². The number of carbonyl (C=O) groups is 2. The topological polar surface area (TPSA) is 64.1 Å². The third kappa shape index (κ3) is 5.42. The van der Waals surface area contributed by atoms with E-state index >= 15 is 0 Å². The number of rotatable bonds is 8. The van der Waals surface area contributed by atoms with Crippen molar-refractivity contribution in [1.29, 1.82) is 0 Å². The van der Waals surface area contributed by atoms with Gasteiger partial charge in [0.05, 0.1) is 12.5 Å². The Kier molecular flexibility index (Phi) is 7.18. The summed E-state index contributed by atoms with van der Waals surface area (Å²) in [6.45, 7) is 4.57. The second-order valence-electron chi connectivity index (χ2n) is 6.36. The van der Waals surface area contributed by atoms with E-state index in [1.165, 1.54) is 12.1 Å². The second-order valence-corrected chi connectivity index (χ2v) is 6.36. The molecule has 1 fully saturated rings. The highest BCUT2D eigenvalue weighted by Crippen LogP contribution is 2.19. The number of anilines is 1. The zero-order valence-corrected chi connectivity index (χ0v) is 14.6. The minimum atomic E-state index is -0.382. The molecule has 1 aliphatic rings. The summed E-state index contributed by atoms with van der Waals surface area (Å²) in [6.07, 6.45) is 2.81. The Labute approximate surface area is 147 Å². The lowest BCUT2D eigenvalue weighted by molar-refractivity contribution is -0.157. The fraction of sp³-hybridized carbons (Fsp3) is 0.556. The van der Waals surface area contributed by atoms with Crippen molar-refractivity contribution in [3.63, 3.8) is 0 Å². The highest BCUT2D eigenvalue weighted by Gasteiger charge is 2.28. The summed E-state index contributed by atoms with van der Waals surface area (Å²) in [5, 5.41) is 9.99. The van der Waals surface area contributed by atoms with Crippen molar-refractivity contribution in [2.24, 2.45) is 5.92 Å². The Balaban J connectivity index is 1.93. The molecule has 0 saturated carbocycles. The predicted octanol–water partition coefficient (Wildman–Crippen LogP) is 2.13. The molecule has 25 heavy (non-hydrogen) atoms. The predicted molar refractivity (Wildman–Crippen MR) is 92.8 cm³/mol. The highest BCUT2D eigenvalue weighted by molar-refractivity contribution is 5.79. The van der Waals surface area contributed by atoms with Crippen LogP contribution in [0.2, 0.25) is 0 Å². The van der Waals surface area contributed by atoms with Gasteiger partial charge in [-0.25, -0.2) is 9.45 Å². The van der Waals surface area contributed by atoms with Gasteiger partial charge in [-0.05, 0) is 30.7 Å². The number of amides is 2. The molecule has 1 unspecified atom stereocenters. The van der Waals surface area contributed by atoms with Crippen molar-refractivity contribution in [2.45, 2.75) is 26.2 Å². The molecule has 7 heteroatoms. The first-order valence-corrected chi connectivity index (χ1v) is 8.75. The molecule has 1 N–H and O–H groups in total. The molecule has 1 heterocycles. The van der Waals surface area contributed by atoms with Gasteiger partial charge in [0.1, 0.15) is 5.82 Å². The Hall–Kier alpha value is -2.15. The van der Waals surface area contributed by atoms with E-state index in [2.05, 4.69) is 4.90 Å². The van der Waals surface area contributed by atoms with Crippen LogP contribution in [-0.4, -0.2) is 60.2 Å². The summed E-state index contributed by atoms with van der Waals surface area (Å²) in [5.74, 6) is -0.666. The number of nitrogens with zero attached hydrogens (tertiary/aromatic N) is 3. The van der Waals surface area contributed by atoms with Gasteiger partial charge in [0.2, 0.25) is 12.3 Å². The molecule has 0 aliphatic carbocycles. The number of hydroxylamine groups is 2. The van der Waals surface area contributed by atoms with Gasteiger partial charge >= 0.3 is 0 Å². The highest BCUT2D eigenvalue weighted by atomic mass is 19.1. The Morgan fingerprint density at radius 2 is 1.92 bits per heavy atom. The van der Waals surface area contributed by atoms with Gasteiger partial charge in [-0.15, -0.1) is 0 Å². The standard InChI is InChI=1S/C18H26FN3O3/c1-2-3-4-15(13-22(25)14-23)18(24)21-11-9-20(10-12-21)17-7-5-16(19)6-8-17/h5-8,14-15,25H,2-4,9-13H2,1H3. The minimum absolute atomic E-state index is 0.0203. The van der Waals surface area contributed by atoms with Gasteiger partial charge in [0, 0.05) is 31.9 Å². The lowest BCUT2D eigenvalue weighted by Crippen LogP contribution is -2.51. The molecule has 2 amide bonds. The van der Waals surface area contributed by atoms with Crippen LogP contribution in [0.5, 0.6) is 0 Å². The number of benzene rings is 1.